The van der Waals surface area contributed by atoms with Crippen molar-refractivity contribution in [3.05, 3.63) is 47.3 Å². The van der Waals surface area contributed by atoms with Gasteiger partial charge in [-0.25, -0.2) is 14.3 Å². The highest BCUT2D eigenvalue weighted by Crippen LogP contribution is 2.18. The van der Waals surface area contributed by atoms with Crippen LogP contribution in [0.15, 0.2) is 30.3 Å². The molecule has 0 bridgehead atoms. The lowest BCUT2D eigenvalue weighted by Crippen LogP contribution is -2.44. The lowest BCUT2D eigenvalue weighted by molar-refractivity contribution is -0.125. The zero-order valence-corrected chi connectivity index (χ0v) is 15.0. The van der Waals surface area contributed by atoms with E-state index < -0.39 is 37.2 Å². The Morgan fingerprint density at radius 2 is 1.79 bits per heavy atom. The molecule has 0 radical (unpaired) electrons. The number of nitrogens with one attached hydrogen (secondary N) is 2. The molecule has 1 heterocycles. The van der Waals surface area contributed by atoms with Crippen LogP contribution < -0.4 is 10.6 Å². The Morgan fingerprint density at radius 1 is 1.14 bits per heavy atom. The molecule has 0 aliphatic carbocycles. The molecule has 0 aliphatic rings. The molecule has 0 aliphatic heterocycles. The van der Waals surface area contributed by atoms with E-state index >= 15 is 0 Å². The van der Waals surface area contributed by atoms with E-state index in [9.17, 15) is 27.6 Å². The molecular formula is C17H17F3N4O4. The number of carbonyl (C=O) groups is 3. The molecule has 2 rings (SSSR count). The van der Waals surface area contributed by atoms with Gasteiger partial charge in [0.05, 0.1) is 17.1 Å². The predicted molar refractivity (Wildman–Crippen MR) is 90.9 cm³/mol. The third-order valence-corrected chi connectivity index (χ3v) is 3.53. The van der Waals surface area contributed by atoms with Crippen LogP contribution in [-0.4, -0.2) is 47.0 Å². The Balaban J connectivity index is 1.96. The first-order valence-corrected chi connectivity index (χ1v) is 8.01. The monoisotopic (exact) mass is 398 g/mol. The molecule has 3 amide bonds. The maximum atomic E-state index is 12.3. The number of esters is 1. The van der Waals surface area contributed by atoms with Gasteiger partial charge in [-0.1, -0.05) is 18.2 Å². The van der Waals surface area contributed by atoms with Crippen molar-refractivity contribution in [3.63, 3.8) is 0 Å². The van der Waals surface area contributed by atoms with E-state index in [1.54, 1.807) is 43.4 Å². The average molecular weight is 398 g/mol. The topological polar surface area (TPSA) is 102 Å². The van der Waals surface area contributed by atoms with Gasteiger partial charge in [0.2, 0.25) is 0 Å². The van der Waals surface area contributed by atoms with Crippen LogP contribution >= 0.6 is 0 Å². The number of para-hydroxylation sites is 1. The van der Waals surface area contributed by atoms with Crippen LogP contribution in [-0.2, 0) is 9.53 Å². The van der Waals surface area contributed by atoms with Gasteiger partial charge >= 0.3 is 18.2 Å². The lowest BCUT2D eigenvalue weighted by Gasteiger charge is -2.09. The summed E-state index contributed by atoms with van der Waals surface area (Å²) in [6.45, 7) is 0.804. The summed E-state index contributed by atoms with van der Waals surface area (Å²) in [5.41, 5.74) is 1.73. The Hall–Kier alpha value is -3.37. The van der Waals surface area contributed by atoms with Crippen molar-refractivity contribution in [2.24, 2.45) is 0 Å². The number of hydrogen-bond acceptors (Lipinski definition) is 5. The first kappa shape index (κ1) is 20.9. The molecule has 0 saturated heterocycles. The summed E-state index contributed by atoms with van der Waals surface area (Å²) in [4.78, 5) is 35.0. The molecule has 2 N–H and O–H groups in total. The van der Waals surface area contributed by atoms with Gasteiger partial charge in [-0.3, -0.25) is 10.1 Å². The normalized spacial score (nSPS) is 11.0. The number of hydrogen-bond donors (Lipinski definition) is 2. The number of carbonyl (C=O) groups excluding carboxylic acids is 3. The summed E-state index contributed by atoms with van der Waals surface area (Å²) in [5, 5.41) is 7.36. The third kappa shape index (κ3) is 5.56. The summed E-state index contributed by atoms with van der Waals surface area (Å²) in [5.74, 6) is -1.91. The molecule has 150 valence electrons. The molecule has 0 saturated carbocycles. The summed E-state index contributed by atoms with van der Waals surface area (Å²) in [6, 6.07) is 7.68. The van der Waals surface area contributed by atoms with Crippen LogP contribution in [0.4, 0.5) is 18.0 Å². The van der Waals surface area contributed by atoms with Crippen molar-refractivity contribution in [1.29, 1.82) is 0 Å². The first-order valence-electron chi connectivity index (χ1n) is 8.01. The largest absolute Gasteiger partial charge is 0.452 e. The van der Waals surface area contributed by atoms with Crippen LogP contribution in [0.2, 0.25) is 0 Å². The van der Waals surface area contributed by atoms with E-state index in [1.807, 2.05) is 6.07 Å². The first-order chi connectivity index (χ1) is 13.1. The smallest absolute Gasteiger partial charge is 0.405 e. The van der Waals surface area contributed by atoms with Crippen LogP contribution in [0, 0.1) is 13.8 Å². The van der Waals surface area contributed by atoms with Crippen molar-refractivity contribution in [2.75, 3.05) is 13.2 Å². The van der Waals surface area contributed by atoms with Gasteiger partial charge in [0.1, 0.15) is 12.1 Å². The summed E-state index contributed by atoms with van der Waals surface area (Å²) >= 11 is 0. The van der Waals surface area contributed by atoms with E-state index in [1.165, 1.54) is 10.00 Å². The molecule has 2 aromatic rings. The average Bonchev–Trinajstić information content (AvgIpc) is 2.92. The number of halogens is 3. The molecule has 0 atom stereocenters. The molecule has 1 aromatic heterocycles. The number of urea groups is 1. The number of rotatable bonds is 5. The van der Waals surface area contributed by atoms with Gasteiger partial charge in [0, 0.05) is 0 Å². The number of amides is 3. The second-order valence-corrected chi connectivity index (χ2v) is 5.72. The van der Waals surface area contributed by atoms with Crippen molar-refractivity contribution in [2.45, 2.75) is 20.0 Å². The van der Waals surface area contributed by atoms with Crippen molar-refractivity contribution in [1.82, 2.24) is 20.4 Å². The van der Waals surface area contributed by atoms with Gasteiger partial charge in [0.15, 0.2) is 6.61 Å². The minimum atomic E-state index is -4.61. The quantitative estimate of drug-likeness (QED) is 0.751. The van der Waals surface area contributed by atoms with Gasteiger partial charge in [-0.05, 0) is 26.0 Å². The molecule has 8 nitrogen and oxygen atoms in total. The zero-order valence-electron chi connectivity index (χ0n) is 15.0. The standard InChI is InChI=1S/C17H17F3N4O4/c1-10-14(11(2)24(23-10)12-6-4-3-5-7-12)15(26)28-8-13(25)22-16(27)21-9-17(18,19)20/h3-7H,8-9H2,1-2H3,(H2,21,22,25,27). The maximum Gasteiger partial charge on any atom is 0.405 e. The minimum absolute atomic E-state index is 0.151. The van der Waals surface area contributed by atoms with Crippen LogP contribution in [0.1, 0.15) is 21.7 Å². The molecule has 0 spiro atoms. The number of ether oxygens (including phenoxy) is 1. The SMILES string of the molecule is Cc1nn(-c2ccccc2)c(C)c1C(=O)OCC(=O)NC(=O)NCC(F)(F)F. The third-order valence-electron chi connectivity index (χ3n) is 3.53. The van der Waals surface area contributed by atoms with Gasteiger partial charge in [0.25, 0.3) is 5.91 Å². The fraction of sp³-hybridized carbons (Fsp3) is 0.294. The molecule has 0 fully saturated rings. The van der Waals surface area contributed by atoms with Crippen LogP contribution in [0.25, 0.3) is 5.69 Å². The Labute approximate surface area is 157 Å². The Bertz CT molecular complexity index is 879. The fourth-order valence-electron chi connectivity index (χ4n) is 2.35. The van der Waals surface area contributed by atoms with E-state index in [0.29, 0.717) is 11.4 Å². The fourth-order valence-corrected chi connectivity index (χ4v) is 2.35. The molecule has 0 unspecified atom stereocenters. The highest BCUT2D eigenvalue weighted by atomic mass is 19.4. The highest BCUT2D eigenvalue weighted by molar-refractivity contribution is 5.97. The van der Waals surface area contributed by atoms with Gasteiger partial charge in [-0.15, -0.1) is 0 Å². The van der Waals surface area contributed by atoms with Crippen molar-refractivity contribution < 1.29 is 32.3 Å². The zero-order chi connectivity index (χ0) is 20.9. The van der Waals surface area contributed by atoms with Crippen LogP contribution in [0.3, 0.4) is 0 Å². The second kappa shape index (κ2) is 8.55. The molecule has 11 heteroatoms. The highest BCUT2D eigenvalue weighted by Gasteiger charge is 2.28. The number of aromatic nitrogens is 2. The minimum Gasteiger partial charge on any atom is -0.452 e. The van der Waals surface area contributed by atoms with Crippen molar-refractivity contribution >= 4 is 17.9 Å². The summed E-state index contributed by atoms with van der Waals surface area (Å²) < 4.78 is 42.4. The van der Waals surface area contributed by atoms with Crippen molar-refractivity contribution in [3.8, 4) is 5.69 Å². The van der Waals surface area contributed by atoms with Gasteiger partial charge in [-0.2, -0.15) is 18.3 Å². The van der Waals surface area contributed by atoms with E-state index in [4.69, 9.17) is 4.74 Å². The number of alkyl halides is 3. The molecule has 28 heavy (non-hydrogen) atoms. The second-order valence-electron chi connectivity index (χ2n) is 5.72. The number of aryl methyl sites for hydroxylation is 1. The van der Waals surface area contributed by atoms with Crippen LogP contribution in [0.5, 0.6) is 0 Å². The summed E-state index contributed by atoms with van der Waals surface area (Å²) in [7, 11) is 0. The number of benzene rings is 1. The molecule has 1 aromatic carbocycles. The number of nitrogens with zero attached hydrogens (tertiary/aromatic N) is 2. The number of imide groups is 1. The van der Waals surface area contributed by atoms with Gasteiger partial charge < -0.3 is 10.1 Å². The van der Waals surface area contributed by atoms with E-state index in [2.05, 4.69) is 5.10 Å². The summed E-state index contributed by atoms with van der Waals surface area (Å²) in [6.07, 6.45) is -4.61. The van der Waals surface area contributed by atoms with E-state index in [0.717, 1.165) is 5.69 Å². The lowest BCUT2D eigenvalue weighted by atomic mass is 10.2. The predicted octanol–water partition coefficient (Wildman–Crippen LogP) is 2.03. The Morgan fingerprint density at radius 3 is 2.39 bits per heavy atom. The van der Waals surface area contributed by atoms with E-state index in [-0.39, 0.29) is 5.56 Å². The Kier molecular flexibility index (Phi) is 6.39. The molecular weight excluding hydrogens is 381 g/mol. The maximum absolute atomic E-state index is 12.3.